The molecule has 1 aliphatic rings. The summed E-state index contributed by atoms with van der Waals surface area (Å²) in [4.78, 5) is 12.3. The molecule has 26 heavy (non-hydrogen) atoms. The molecule has 1 rings (SSSR count). The highest BCUT2D eigenvalue weighted by Gasteiger charge is 2.41. The fourth-order valence-electron chi connectivity index (χ4n) is 2.44. The summed E-state index contributed by atoms with van der Waals surface area (Å²) in [7, 11) is -2.07. The molecule has 1 saturated carbocycles. The van der Waals surface area contributed by atoms with Crippen LogP contribution in [0.2, 0.25) is 18.1 Å². The summed E-state index contributed by atoms with van der Waals surface area (Å²) in [5.74, 6) is 0. The molecule has 0 aromatic rings. The zero-order valence-electron chi connectivity index (χ0n) is 17.9. The van der Waals surface area contributed by atoms with Gasteiger partial charge in [-0.15, -0.1) is 0 Å². The number of hydrogen-bond donors (Lipinski definition) is 2. The number of carbonyl (C=O) groups excluding carboxylic acids is 1. The number of alkyl carbamates (subject to hydrolysis) is 1. The summed E-state index contributed by atoms with van der Waals surface area (Å²) in [5, 5.41) is 13.0. The molecule has 0 radical (unpaired) electrons. The van der Waals surface area contributed by atoms with Gasteiger partial charge in [0.2, 0.25) is 0 Å². The van der Waals surface area contributed by atoms with Gasteiger partial charge >= 0.3 is 6.09 Å². The minimum absolute atomic E-state index is 0.0311. The third kappa shape index (κ3) is 7.41. The standard InChI is InChI=1S/C20H39NO4Si/c1-19(2,3)24-18(23)21-16(13-12-15-10-9-11-15)17(14-22)25-26(7,8)20(4,5)6/h12,16-17,22H,9-11,13-14H2,1-8H3,(H,21,23)/t16-,17-/m0/s1. The first-order valence-corrected chi connectivity index (χ1v) is 12.6. The van der Waals surface area contributed by atoms with Crippen LogP contribution in [0.3, 0.4) is 0 Å². The van der Waals surface area contributed by atoms with E-state index in [1.54, 1.807) is 0 Å². The summed E-state index contributed by atoms with van der Waals surface area (Å²) in [5.41, 5.74) is 0.862. The Morgan fingerprint density at radius 1 is 1.23 bits per heavy atom. The molecule has 0 aromatic carbocycles. The van der Waals surface area contributed by atoms with Crippen molar-refractivity contribution in [2.24, 2.45) is 0 Å². The van der Waals surface area contributed by atoms with E-state index in [0.29, 0.717) is 6.42 Å². The van der Waals surface area contributed by atoms with Crippen LogP contribution >= 0.6 is 0 Å². The molecule has 0 aromatic heterocycles. The minimum Gasteiger partial charge on any atom is -0.444 e. The number of hydrogen-bond acceptors (Lipinski definition) is 4. The molecule has 1 fully saturated rings. The molecule has 0 heterocycles. The number of aliphatic hydroxyl groups is 1. The number of aliphatic hydroxyl groups excluding tert-OH is 1. The van der Waals surface area contributed by atoms with Gasteiger partial charge in [-0.2, -0.15) is 0 Å². The SMILES string of the molecule is CC(C)(C)OC(=O)N[C@@H](CC=C1CCC1)[C@H](CO)O[Si](C)(C)C(C)(C)C. The minimum atomic E-state index is -2.07. The van der Waals surface area contributed by atoms with Crippen molar-refractivity contribution in [2.45, 2.75) is 103 Å². The topological polar surface area (TPSA) is 67.8 Å². The maximum Gasteiger partial charge on any atom is 0.407 e. The van der Waals surface area contributed by atoms with Gasteiger partial charge in [0.05, 0.1) is 18.8 Å². The number of ether oxygens (including phenoxy) is 1. The van der Waals surface area contributed by atoms with Gasteiger partial charge in [-0.1, -0.05) is 32.4 Å². The molecule has 1 aliphatic carbocycles. The summed E-state index contributed by atoms with van der Waals surface area (Å²) in [6.45, 7) is 16.2. The first-order chi connectivity index (χ1) is 11.7. The highest BCUT2D eigenvalue weighted by molar-refractivity contribution is 6.74. The van der Waals surface area contributed by atoms with Crippen molar-refractivity contribution < 1.29 is 19.1 Å². The second kappa shape index (κ2) is 8.89. The maximum atomic E-state index is 12.3. The predicted octanol–water partition coefficient (Wildman–Crippen LogP) is 4.76. The fourth-order valence-corrected chi connectivity index (χ4v) is 3.79. The Morgan fingerprint density at radius 3 is 2.19 bits per heavy atom. The van der Waals surface area contributed by atoms with E-state index in [-0.39, 0.29) is 17.7 Å². The molecule has 5 nitrogen and oxygen atoms in total. The Hall–Kier alpha value is -0.853. The fraction of sp³-hybridized carbons (Fsp3) is 0.850. The van der Waals surface area contributed by atoms with Crippen LogP contribution in [0.5, 0.6) is 0 Å². The smallest absolute Gasteiger partial charge is 0.407 e. The average Bonchev–Trinajstić information content (AvgIpc) is 2.38. The molecule has 0 spiro atoms. The van der Waals surface area contributed by atoms with Crippen LogP contribution in [0.1, 0.15) is 67.2 Å². The highest BCUT2D eigenvalue weighted by atomic mass is 28.4. The summed E-state index contributed by atoms with van der Waals surface area (Å²) >= 11 is 0. The van der Waals surface area contributed by atoms with E-state index in [2.05, 4.69) is 45.3 Å². The lowest BCUT2D eigenvalue weighted by atomic mass is 9.90. The largest absolute Gasteiger partial charge is 0.444 e. The number of amides is 1. The first-order valence-electron chi connectivity index (χ1n) is 9.71. The number of allylic oxidation sites excluding steroid dienone is 1. The Bertz CT molecular complexity index is 497. The van der Waals surface area contributed by atoms with Crippen LogP contribution in [-0.4, -0.2) is 43.9 Å². The summed E-state index contributed by atoms with van der Waals surface area (Å²) in [6, 6.07) is -0.308. The third-order valence-corrected chi connectivity index (χ3v) is 9.74. The van der Waals surface area contributed by atoms with E-state index < -0.39 is 26.1 Å². The summed E-state index contributed by atoms with van der Waals surface area (Å²) in [6.07, 6.45) is 5.42. The molecule has 2 N–H and O–H groups in total. The molecule has 0 unspecified atom stereocenters. The highest BCUT2D eigenvalue weighted by Crippen LogP contribution is 2.38. The van der Waals surface area contributed by atoms with Crippen molar-refractivity contribution in [2.75, 3.05) is 6.61 Å². The van der Waals surface area contributed by atoms with E-state index in [1.807, 2.05) is 20.8 Å². The normalized spacial score (nSPS) is 18.0. The van der Waals surface area contributed by atoms with Gasteiger partial charge in [-0.05, 0) is 64.6 Å². The van der Waals surface area contributed by atoms with Gasteiger partial charge in [0.1, 0.15) is 5.60 Å². The number of carbonyl (C=O) groups is 1. The third-order valence-electron chi connectivity index (χ3n) is 5.24. The van der Waals surface area contributed by atoms with Crippen LogP contribution in [0, 0.1) is 0 Å². The van der Waals surface area contributed by atoms with Gasteiger partial charge in [0.15, 0.2) is 8.32 Å². The van der Waals surface area contributed by atoms with E-state index in [9.17, 15) is 9.90 Å². The van der Waals surface area contributed by atoms with Crippen LogP contribution in [0.25, 0.3) is 0 Å². The van der Waals surface area contributed by atoms with E-state index in [4.69, 9.17) is 9.16 Å². The van der Waals surface area contributed by atoms with E-state index >= 15 is 0 Å². The van der Waals surface area contributed by atoms with Gasteiger partial charge in [-0.25, -0.2) is 4.79 Å². The Morgan fingerprint density at radius 2 is 1.81 bits per heavy atom. The monoisotopic (exact) mass is 385 g/mol. The molecule has 152 valence electrons. The number of rotatable bonds is 7. The van der Waals surface area contributed by atoms with Crippen LogP contribution in [-0.2, 0) is 9.16 Å². The molecule has 1 amide bonds. The molecular formula is C20H39NO4Si. The zero-order valence-corrected chi connectivity index (χ0v) is 18.9. The maximum absolute atomic E-state index is 12.3. The Balaban J connectivity index is 2.90. The lowest BCUT2D eigenvalue weighted by Crippen LogP contribution is -2.53. The second-order valence-corrected chi connectivity index (χ2v) is 14.6. The second-order valence-electron chi connectivity index (χ2n) is 9.80. The van der Waals surface area contributed by atoms with Gasteiger partial charge in [-0.3, -0.25) is 0 Å². The van der Waals surface area contributed by atoms with Crippen LogP contribution in [0.15, 0.2) is 11.6 Å². The van der Waals surface area contributed by atoms with Gasteiger partial charge in [0.25, 0.3) is 0 Å². The van der Waals surface area contributed by atoms with E-state index in [1.165, 1.54) is 12.0 Å². The lowest BCUT2D eigenvalue weighted by Gasteiger charge is -2.41. The van der Waals surface area contributed by atoms with Gasteiger partial charge < -0.3 is 19.6 Å². The lowest BCUT2D eigenvalue weighted by molar-refractivity contribution is 0.0353. The predicted molar refractivity (Wildman–Crippen MR) is 109 cm³/mol. The molecule has 6 heteroatoms. The van der Waals surface area contributed by atoms with Crippen molar-refractivity contribution in [3.8, 4) is 0 Å². The van der Waals surface area contributed by atoms with Crippen molar-refractivity contribution in [3.05, 3.63) is 11.6 Å². The Labute approximate surface area is 160 Å². The molecular weight excluding hydrogens is 346 g/mol. The Kier molecular flexibility index (Phi) is 7.93. The van der Waals surface area contributed by atoms with Gasteiger partial charge in [0, 0.05) is 0 Å². The quantitative estimate of drug-likeness (QED) is 0.489. The zero-order chi connectivity index (χ0) is 20.2. The van der Waals surface area contributed by atoms with Crippen LogP contribution < -0.4 is 5.32 Å². The molecule has 2 atom stereocenters. The molecule has 0 bridgehead atoms. The number of nitrogens with one attached hydrogen (secondary N) is 1. The van der Waals surface area contributed by atoms with Crippen molar-refractivity contribution in [1.29, 1.82) is 0 Å². The molecule has 0 aliphatic heterocycles. The first kappa shape index (κ1) is 23.2. The van der Waals surface area contributed by atoms with Crippen molar-refractivity contribution in [1.82, 2.24) is 5.32 Å². The van der Waals surface area contributed by atoms with Crippen molar-refractivity contribution >= 4 is 14.4 Å². The van der Waals surface area contributed by atoms with Crippen LogP contribution in [0.4, 0.5) is 4.79 Å². The molecule has 0 saturated heterocycles. The van der Waals surface area contributed by atoms with Crippen molar-refractivity contribution in [3.63, 3.8) is 0 Å². The van der Waals surface area contributed by atoms with E-state index in [0.717, 1.165) is 12.8 Å². The average molecular weight is 386 g/mol. The summed E-state index contributed by atoms with van der Waals surface area (Å²) < 4.78 is 11.8.